The first-order chi connectivity index (χ1) is 8.77. The van der Waals surface area contributed by atoms with Crippen LogP contribution in [0.25, 0.3) is 0 Å². The molecule has 0 saturated carbocycles. The molecular formula is C13H19N3O2. The van der Waals surface area contributed by atoms with E-state index in [1.165, 1.54) is 0 Å². The predicted molar refractivity (Wildman–Crippen MR) is 69.0 cm³/mol. The van der Waals surface area contributed by atoms with Crippen LogP contribution in [0.1, 0.15) is 11.6 Å². The van der Waals surface area contributed by atoms with Crippen molar-refractivity contribution in [3.8, 4) is 0 Å². The molecule has 2 unspecified atom stereocenters. The van der Waals surface area contributed by atoms with Gasteiger partial charge in [-0.15, -0.1) is 0 Å². The second-order valence-electron chi connectivity index (χ2n) is 4.34. The molecule has 1 aliphatic heterocycles. The minimum atomic E-state index is -0.262. The first-order valence-electron chi connectivity index (χ1n) is 6.17. The Morgan fingerprint density at radius 2 is 2.28 bits per heavy atom. The fraction of sp³-hybridized carbons (Fsp3) is 0.462. The fourth-order valence-corrected chi connectivity index (χ4v) is 1.89. The van der Waals surface area contributed by atoms with E-state index in [1.807, 2.05) is 30.3 Å². The van der Waals surface area contributed by atoms with Crippen molar-refractivity contribution in [2.75, 3.05) is 26.3 Å². The van der Waals surface area contributed by atoms with E-state index >= 15 is 0 Å². The van der Waals surface area contributed by atoms with Crippen LogP contribution in [0, 0.1) is 0 Å². The normalized spacial score (nSPS) is 21.3. The molecule has 5 heteroatoms. The summed E-state index contributed by atoms with van der Waals surface area (Å²) >= 11 is 0. The van der Waals surface area contributed by atoms with E-state index in [9.17, 15) is 4.79 Å². The van der Waals surface area contributed by atoms with Crippen LogP contribution in [0.15, 0.2) is 30.3 Å². The van der Waals surface area contributed by atoms with Crippen LogP contribution >= 0.6 is 0 Å². The summed E-state index contributed by atoms with van der Waals surface area (Å²) in [5.74, 6) is -0.0546. The number of carbonyl (C=O) groups excluding carboxylic acids is 1. The Kier molecular flexibility index (Phi) is 4.69. The van der Waals surface area contributed by atoms with Gasteiger partial charge in [0.1, 0.15) is 6.04 Å². The lowest BCUT2D eigenvalue weighted by Crippen LogP contribution is -2.52. The highest BCUT2D eigenvalue weighted by Crippen LogP contribution is 2.07. The summed E-state index contributed by atoms with van der Waals surface area (Å²) in [5.41, 5.74) is 7.03. The van der Waals surface area contributed by atoms with Crippen LogP contribution in [0.2, 0.25) is 0 Å². The molecule has 1 saturated heterocycles. The van der Waals surface area contributed by atoms with Crippen molar-refractivity contribution in [3.05, 3.63) is 35.9 Å². The van der Waals surface area contributed by atoms with Gasteiger partial charge in [-0.1, -0.05) is 30.3 Å². The standard InChI is InChI=1S/C13H19N3O2/c14-11(10-4-2-1-3-5-10)8-16-13(17)12-9-18-7-6-15-12/h1-5,11-12,15H,6-9,14H2,(H,16,17). The molecule has 1 heterocycles. The monoisotopic (exact) mass is 249 g/mol. The van der Waals surface area contributed by atoms with Crippen molar-refractivity contribution in [1.29, 1.82) is 0 Å². The molecule has 5 nitrogen and oxygen atoms in total. The largest absolute Gasteiger partial charge is 0.378 e. The Balaban J connectivity index is 1.78. The molecule has 1 aliphatic rings. The van der Waals surface area contributed by atoms with E-state index in [1.54, 1.807) is 0 Å². The third kappa shape index (κ3) is 3.53. The molecular weight excluding hydrogens is 230 g/mol. The SMILES string of the molecule is NC(CNC(=O)C1COCCN1)c1ccccc1. The number of hydrogen-bond acceptors (Lipinski definition) is 4. The average molecular weight is 249 g/mol. The molecule has 1 aromatic carbocycles. The van der Waals surface area contributed by atoms with Gasteiger partial charge in [-0.2, -0.15) is 0 Å². The second-order valence-corrected chi connectivity index (χ2v) is 4.34. The van der Waals surface area contributed by atoms with Crippen LogP contribution in [-0.4, -0.2) is 38.3 Å². The summed E-state index contributed by atoms with van der Waals surface area (Å²) in [4.78, 5) is 11.8. The van der Waals surface area contributed by atoms with E-state index in [-0.39, 0.29) is 18.0 Å². The smallest absolute Gasteiger partial charge is 0.239 e. The molecule has 0 bridgehead atoms. The molecule has 18 heavy (non-hydrogen) atoms. The van der Waals surface area contributed by atoms with Crippen LogP contribution < -0.4 is 16.4 Å². The number of carbonyl (C=O) groups is 1. The summed E-state index contributed by atoms with van der Waals surface area (Å²) in [6.07, 6.45) is 0. The Morgan fingerprint density at radius 3 is 2.94 bits per heavy atom. The van der Waals surface area contributed by atoms with E-state index in [4.69, 9.17) is 10.5 Å². The molecule has 1 amide bonds. The van der Waals surface area contributed by atoms with Crippen molar-refractivity contribution < 1.29 is 9.53 Å². The summed E-state index contributed by atoms with van der Waals surface area (Å²) in [7, 11) is 0. The maximum atomic E-state index is 11.8. The van der Waals surface area contributed by atoms with Gasteiger partial charge in [-0.05, 0) is 5.56 Å². The number of benzene rings is 1. The molecule has 0 spiro atoms. The first-order valence-corrected chi connectivity index (χ1v) is 6.17. The van der Waals surface area contributed by atoms with Crippen molar-refractivity contribution in [2.24, 2.45) is 5.73 Å². The zero-order chi connectivity index (χ0) is 12.8. The van der Waals surface area contributed by atoms with E-state index in [2.05, 4.69) is 10.6 Å². The summed E-state index contributed by atoms with van der Waals surface area (Å²) < 4.78 is 5.24. The number of amides is 1. The number of morpholine rings is 1. The van der Waals surface area contributed by atoms with Crippen molar-refractivity contribution in [2.45, 2.75) is 12.1 Å². The number of hydrogen-bond donors (Lipinski definition) is 3. The molecule has 98 valence electrons. The highest BCUT2D eigenvalue weighted by atomic mass is 16.5. The Hall–Kier alpha value is -1.43. The maximum absolute atomic E-state index is 11.8. The van der Waals surface area contributed by atoms with E-state index < -0.39 is 0 Å². The number of rotatable bonds is 4. The molecule has 4 N–H and O–H groups in total. The highest BCUT2D eigenvalue weighted by molar-refractivity contribution is 5.82. The maximum Gasteiger partial charge on any atom is 0.239 e. The lowest BCUT2D eigenvalue weighted by molar-refractivity contribution is -0.125. The lowest BCUT2D eigenvalue weighted by atomic mass is 10.1. The average Bonchev–Trinajstić information content (AvgIpc) is 2.46. The van der Waals surface area contributed by atoms with Crippen LogP contribution in [0.3, 0.4) is 0 Å². The minimum Gasteiger partial charge on any atom is -0.378 e. The van der Waals surface area contributed by atoms with Gasteiger partial charge in [0, 0.05) is 19.1 Å². The van der Waals surface area contributed by atoms with Gasteiger partial charge >= 0.3 is 0 Å². The van der Waals surface area contributed by atoms with Gasteiger partial charge in [0.25, 0.3) is 0 Å². The van der Waals surface area contributed by atoms with E-state index in [0.717, 1.165) is 5.56 Å². The van der Waals surface area contributed by atoms with Gasteiger partial charge in [0.2, 0.25) is 5.91 Å². The third-order valence-corrected chi connectivity index (χ3v) is 2.96. The van der Waals surface area contributed by atoms with Gasteiger partial charge < -0.3 is 21.1 Å². The Morgan fingerprint density at radius 1 is 1.50 bits per heavy atom. The molecule has 0 radical (unpaired) electrons. The first kappa shape index (κ1) is 13.0. The van der Waals surface area contributed by atoms with Crippen molar-refractivity contribution in [3.63, 3.8) is 0 Å². The van der Waals surface area contributed by atoms with Gasteiger partial charge in [0.15, 0.2) is 0 Å². The molecule has 1 fully saturated rings. The minimum absolute atomic E-state index is 0.0546. The summed E-state index contributed by atoms with van der Waals surface area (Å²) in [6, 6.07) is 9.29. The molecule has 2 rings (SSSR count). The van der Waals surface area contributed by atoms with Crippen molar-refractivity contribution in [1.82, 2.24) is 10.6 Å². The topological polar surface area (TPSA) is 76.4 Å². The molecule has 2 atom stereocenters. The Labute approximate surface area is 107 Å². The number of nitrogens with one attached hydrogen (secondary N) is 2. The van der Waals surface area contributed by atoms with E-state index in [0.29, 0.717) is 26.3 Å². The van der Waals surface area contributed by atoms with Gasteiger partial charge in [-0.25, -0.2) is 0 Å². The van der Waals surface area contributed by atoms with Crippen LogP contribution in [0.4, 0.5) is 0 Å². The van der Waals surface area contributed by atoms with Crippen LogP contribution in [0.5, 0.6) is 0 Å². The number of ether oxygens (including phenoxy) is 1. The lowest BCUT2D eigenvalue weighted by Gasteiger charge is -2.23. The predicted octanol–water partition coefficient (Wildman–Crippen LogP) is -0.209. The zero-order valence-electron chi connectivity index (χ0n) is 10.3. The summed E-state index contributed by atoms with van der Waals surface area (Å²) in [6.45, 7) is 2.23. The molecule has 0 aliphatic carbocycles. The second kappa shape index (κ2) is 6.49. The van der Waals surface area contributed by atoms with Gasteiger partial charge in [-0.3, -0.25) is 4.79 Å². The third-order valence-electron chi connectivity index (χ3n) is 2.96. The van der Waals surface area contributed by atoms with Gasteiger partial charge in [0.05, 0.1) is 13.2 Å². The quantitative estimate of drug-likeness (QED) is 0.690. The fourth-order valence-electron chi connectivity index (χ4n) is 1.89. The molecule has 0 aromatic heterocycles. The Bertz CT molecular complexity index is 377. The van der Waals surface area contributed by atoms with Crippen molar-refractivity contribution >= 4 is 5.91 Å². The van der Waals surface area contributed by atoms with Crippen LogP contribution in [-0.2, 0) is 9.53 Å². The molecule has 1 aromatic rings. The zero-order valence-corrected chi connectivity index (χ0v) is 10.3. The number of nitrogens with two attached hydrogens (primary N) is 1. The highest BCUT2D eigenvalue weighted by Gasteiger charge is 2.21. The summed E-state index contributed by atoms with van der Waals surface area (Å²) in [5, 5.41) is 5.95.